The lowest BCUT2D eigenvalue weighted by Gasteiger charge is -2.11. The first kappa shape index (κ1) is 17.9. The normalized spacial score (nSPS) is 13.5. The van der Waals surface area contributed by atoms with E-state index in [1.54, 1.807) is 0 Å². The number of rotatable bonds is 0. The van der Waals surface area contributed by atoms with E-state index in [-0.39, 0.29) is 0 Å². The Labute approximate surface area is 201 Å². The Morgan fingerprint density at radius 3 is 2.26 bits per heavy atom. The fourth-order valence-electron chi connectivity index (χ4n) is 6.52. The van der Waals surface area contributed by atoms with Gasteiger partial charge in [0.15, 0.2) is 0 Å². The van der Waals surface area contributed by atoms with Crippen molar-refractivity contribution in [2.75, 3.05) is 0 Å². The number of fused-ring (bicyclic) bond motifs is 14. The molecule has 0 spiro atoms. The van der Waals surface area contributed by atoms with Crippen LogP contribution < -0.4 is 0 Å². The van der Waals surface area contributed by atoms with Crippen LogP contribution in [0, 0.1) is 0 Å². The Balaban J connectivity index is 1.37. The van der Waals surface area contributed by atoms with Crippen LogP contribution in [0.25, 0.3) is 60.6 Å². The van der Waals surface area contributed by atoms with E-state index in [1.807, 2.05) is 12.4 Å². The van der Waals surface area contributed by atoms with E-state index in [0.29, 0.717) is 0 Å². The van der Waals surface area contributed by atoms with Crippen LogP contribution in [0.5, 0.6) is 0 Å². The third-order valence-electron chi connectivity index (χ3n) is 8.06. The summed E-state index contributed by atoms with van der Waals surface area (Å²) in [4.78, 5) is 9.55. The van der Waals surface area contributed by atoms with Crippen LogP contribution in [0.4, 0.5) is 0 Å². The number of hydrogen-bond acceptors (Lipinski definition) is 2. The number of benzene rings is 4. The molecule has 0 fully saturated rings. The molecule has 0 bridgehead atoms. The van der Waals surface area contributed by atoms with Gasteiger partial charge in [-0.3, -0.25) is 9.38 Å². The van der Waals surface area contributed by atoms with Gasteiger partial charge in [-0.1, -0.05) is 36.4 Å². The monoisotopic (exact) mass is 445 g/mol. The van der Waals surface area contributed by atoms with Gasteiger partial charge in [-0.2, -0.15) is 0 Å². The highest BCUT2D eigenvalue weighted by Gasteiger charge is 2.26. The summed E-state index contributed by atoms with van der Waals surface area (Å²) in [6.07, 6.45) is 5.87. The standard InChI is InChI=1S/C32H19N3/c1-2-6-22-18(5-1)11-19-14-25-20(13-24(19)22)12-21-15-28-27(16-26(21)25)23-9-10-33-17-31(23)35-30-8-4-3-7-29(30)34-32(28)35/h1-10,13-17H,11-12H2. The van der Waals surface area contributed by atoms with Crippen LogP contribution in [0.1, 0.15) is 22.3 Å². The van der Waals surface area contributed by atoms with Gasteiger partial charge in [0.25, 0.3) is 0 Å². The van der Waals surface area contributed by atoms with Gasteiger partial charge < -0.3 is 0 Å². The third kappa shape index (κ3) is 2.21. The van der Waals surface area contributed by atoms with Crippen LogP contribution in [0.3, 0.4) is 0 Å². The zero-order chi connectivity index (χ0) is 22.7. The quantitative estimate of drug-likeness (QED) is 0.229. The molecular formula is C32H19N3. The van der Waals surface area contributed by atoms with Gasteiger partial charge in [0.05, 0.1) is 22.7 Å². The fraction of sp³-hybridized carbons (Fsp3) is 0.0625. The largest absolute Gasteiger partial charge is 0.290 e. The van der Waals surface area contributed by atoms with E-state index in [0.717, 1.165) is 35.0 Å². The summed E-state index contributed by atoms with van der Waals surface area (Å²) in [7, 11) is 0. The van der Waals surface area contributed by atoms with Crippen molar-refractivity contribution in [3.05, 3.63) is 114 Å². The highest BCUT2D eigenvalue weighted by Crippen LogP contribution is 2.46. The second-order valence-corrected chi connectivity index (χ2v) is 9.88. The summed E-state index contributed by atoms with van der Waals surface area (Å²) in [5.41, 5.74) is 15.5. The first-order valence-corrected chi connectivity index (χ1v) is 12.2. The van der Waals surface area contributed by atoms with Crippen LogP contribution >= 0.6 is 0 Å². The summed E-state index contributed by atoms with van der Waals surface area (Å²) in [6.45, 7) is 0. The van der Waals surface area contributed by atoms with Crippen LogP contribution in [-0.2, 0) is 12.8 Å². The highest BCUT2D eigenvalue weighted by molar-refractivity contribution is 6.15. The molecule has 4 aromatic carbocycles. The number of pyridine rings is 2. The lowest BCUT2D eigenvalue weighted by atomic mass is 9.96. The maximum absolute atomic E-state index is 5.08. The molecule has 2 aliphatic carbocycles. The molecule has 9 rings (SSSR count). The summed E-state index contributed by atoms with van der Waals surface area (Å²) in [5, 5.41) is 3.68. The highest BCUT2D eigenvalue weighted by atomic mass is 15.0. The second kappa shape index (κ2) is 6.13. The minimum Gasteiger partial charge on any atom is -0.290 e. The first-order valence-electron chi connectivity index (χ1n) is 12.2. The Morgan fingerprint density at radius 1 is 0.571 bits per heavy atom. The van der Waals surface area contributed by atoms with E-state index in [9.17, 15) is 0 Å². The molecule has 35 heavy (non-hydrogen) atoms. The van der Waals surface area contributed by atoms with Gasteiger partial charge in [-0.05, 0) is 105 Å². The van der Waals surface area contributed by atoms with Gasteiger partial charge in [-0.25, -0.2) is 4.98 Å². The number of hydrogen-bond donors (Lipinski definition) is 0. The van der Waals surface area contributed by atoms with Crippen molar-refractivity contribution in [3.8, 4) is 22.3 Å². The predicted octanol–water partition coefficient (Wildman–Crippen LogP) is 7.33. The maximum atomic E-state index is 5.08. The van der Waals surface area contributed by atoms with Crippen LogP contribution in [0.15, 0.2) is 91.3 Å². The number of imidazole rings is 1. The van der Waals surface area contributed by atoms with Crippen molar-refractivity contribution in [1.29, 1.82) is 0 Å². The van der Waals surface area contributed by atoms with Crippen LogP contribution in [0.2, 0.25) is 0 Å². The molecule has 0 aliphatic heterocycles. The molecule has 2 aliphatic rings. The molecule has 3 heterocycles. The Bertz CT molecular complexity index is 2060. The minimum atomic E-state index is 0.969. The number of aromatic nitrogens is 3. The molecule has 0 N–H and O–H groups in total. The van der Waals surface area contributed by atoms with Gasteiger partial charge in [0.2, 0.25) is 0 Å². The third-order valence-corrected chi connectivity index (χ3v) is 8.06. The molecule has 162 valence electrons. The zero-order valence-corrected chi connectivity index (χ0v) is 18.9. The van der Waals surface area contributed by atoms with Crippen molar-refractivity contribution in [2.24, 2.45) is 0 Å². The maximum Gasteiger partial charge on any atom is 0.146 e. The van der Waals surface area contributed by atoms with E-state index in [4.69, 9.17) is 4.98 Å². The van der Waals surface area contributed by atoms with Crippen molar-refractivity contribution < 1.29 is 0 Å². The summed E-state index contributed by atoms with van der Waals surface area (Å²) in [6, 6.07) is 29.1. The fourth-order valence-corrected chi connectivity index (χ4v) is 6.52. The average Bonchev–Trinajstić information content (AvgIpc) is 3.57. The van der Waals surface area contributed by atoms with Crippen molar-refractivity contribution in [3.63, 3.8) is 0 Å². The van der Waals surface area contributed by atoms with Crippen molar-refractivity contribution >= 4 is 38.4 Å². The van der Waals surface area contributed by atoms with E-state index < -0.39 is 0 Å². The smallest absolute Gasteiger partial charge is 0.146 e. The minimum absolute atomic E-state index is 0.969. The Kier molecular flexibility index (Phi) is 3.14. The van der Waals surface area contributed by atoms with E-state index >= 15 is 0 Å². The first-order chi connectivity index (χ1) is 17.3. The second-order valence-electron chi connectivity index (χ2n) is 9.88. The van der Waals surface area contributed by atoms with Crippen molar-refractivity contribution in [1.82, 2.24) is 14.4 Å². The molecule has 7 aromatic rings. The molecule has 0 saturated carbocycles. The molecule has 3 nitrogen and oxygen atoms in total. The molecule has 3 heteroatoms. The molecular weight excluding hydrogens is 426 g/mol. The molecule has 0 unspecified atom stereocenters. The lowest BCUT2D eigenvalue weighted by molar-refractivity contribution is 1.24. The lowest BCUT2D eigenvalue weighted by Crippen LogP contribution is -1.93. The summed E-state index contributed by atoms with van der Waals surface area (Å²) in [5.74, 6) is 0. The topological polar surface area (TPSA) is 30.2 Å². The van der Waals surface area contributed by atoms with Crippen LogP contribution in [-0.4, -0.2) is 14.4 Å². The molecule has 0 atom stereocenters. The number of para-hydroxylation sites is 2. The SMILES string of the molecule is c1ccc2c(c1)Cc1cc3c(cc1-2)Cc1cc2c(cc1-3)c1ccncc1n1c3ccccc3nc21. The molecule has 3 aromatic heterocycles. The number of nitrogens with zero attached hydrogens (tertiary/aromatic N) is 3. The van der Waals surface area contributed by atoms with E-state index in [1.165, 1.54) is 60.7 Å². The summed E-state index contributed by atoms with van der Waals surface area (Å²) < 4.78 is 2.28. The summed E-state index contributed by atoms with van der Waals surface area (Å²) >= 11 is 0. The van der Waals surface area contributed by atoms with Gasteiger partial charge >= 0.3 is 0 Å². The van der Waals surface area contributed by atoms with Gasteiger partial charge in [0.1, 0.15) is 5.65 Å². The molecule has 0 amide bonds. The van der Waals surface area contributed by atoms with Gasteiger partial charge in [-0.15, -0.1) is 0 Å². The van der Waals surface area contributed by atoms with E-state index in [2.05, 4.69) is 88.2 Å². The van der Waals surface area contributed by atoms with Crippen molar-refractivity contribution in [2.45, 2.75) is 12.8 Å². The predicted molar refractivity (Wildman–Crippen MR) is 142 cm³/mol. The molecule has 0 radical (unpaired) electrons. The Morgan fingerprint density at radius 2 is 1.31 bits per heavy atom. The zero-order valence-electron chi connectivity index (χ0n) is 18.9. The molecule has 0 saturated heterocycles. The Hall–Kier alpha value is -4.50. The van der Waals surface area contributed by atoms with Gasteiger partial charge in [0, 0.05) is 17.0 Å². The average molecular weight is 446 g/mol.